The number of ether oxygens (including phenoxy) is 2. The van der Waals surface area contributed by atoms with Crippen molar-refractivity contribution in [2.45, 2.75) is 68.9 Å². The molecule has 4 aliphatic rings. The zero-order valence-electron chi connectivity index (χ0n) is 27.8. The molecule has 3 atom stereocenters. The summed E-state index contributed by atoms with van der Waals surface area (Å²) >= 11 is 0. The maximum atomic E-state index is 13.7. The van der Waals surface area contributed by atoms with E-state index < -0.39 is 17.8 Å². The topological polar surface area (TPSA) is 127 Å². The first-order chi connectivity index (χ1) is 23.7. The van der Waals surface area contributed by atoms with E-state index in [-0.39, 0.29) is 52.2 Å². The van der Waals surface area contributed by atoms with Gasteiger partial charge < -0.3 is 40.0 Å². The number of aromatic amines is 1. The number of methoxy groups -OCH3 is 1. The van der Waals surface area contributed by atoms with E-state index in [1.165, 1.54) is 44.1 Å². The molecule has 1 aliphatic carbocycles. The number of piperazine rings is 1. The van der Waals surface area contributed by atoms with Crippen molar-refractivity contribution in [2.75, 3.05) is 31.6 Å². The highest BCUT2D eigenvalue weighted by molar-refractivity contribution is 6.04. The number of hydrogen-bond donors (Lipinski definition) is 5. The highest BCUT2D eigenvalue weighted by Gasteiger charge is 2.39. The summed E-state index contributed by atoms with van der Waals surface area (Å²) in [5.74, 6) is 6.39. The van der Waals surface area contributed by atoms with Crippen molar-refractivity contribution in [3.05, 3.63) is 82.5 Å². The predicted molar refractivity (Wildman–Crippen MR) is 187 cm³/mol. The van der Waals surface area contributed by atoms with Crippen molar-refractivity contribution in [1.82, 2.24) is 10.3 Å². The number of anilines is 1. The first-order valence-electron chi connectivity index (χ1n) is 17.2. The first kappa shape index (κ1) is 31.2. The Morgan fingerprint density at radius 3 is 2.57 bits per heavy atom. The van der Waals surface area contributed by atoms with Gasteiger partial charge in [0.05, 0.1) is 31.1 Å². The van der Waals surface area contributed by atoms with Crippen molar-refractivity contribution in [1.29, 1.82) is 0 Å². The molecule has 9 heteroatoms. The molecule has 3 unspecified atom stereocenters. The number of fused-ring (bicyclic) bond motifs is 8. The third kappa shape index (κ3) is 5.44. The van der Waals surface area contributed by atoms with E-state index >= 15 is 0 Å². The summed E-state index contributed by atoms with van der Waals surface area (Å²) in [7, 11) is 1.35. The molecule has 0 radical (unpaired) electrons. The van der Waals surface area contributed by atoms with Crippen molar-refractivity contribution in [3.63, 3.8) is 0 Å². The van der Waals surface area contributed by atoms with Crippen LogP contribution in [0.2, 0.25) is 0 Å². The molecule has 49 heavy (non-hydrogen) atoms. The smallest absolute Gasteiger partial charge is 0.204 e. The Morgan fingerprint density at radius 1 is 1.00 bits per heavy atom. The van der Waals surface area contributed by atoms with Gasteiger partial charge in [-0.15, -0.1) is 0 Å². The maximum Gasteiger partial charge on any atom is 0.204 e. The number of phenolic OH excluding ortho intramolecular Hbond substituents is 3. The largest absolute Gasteiger partial charge is 0.508 e. The Balaban J connectivity index is 1.27. The molecule has 0 amide bonds. The highest BCUT2D eigenvalue weighted by atomic mass is 16.5. The number of aromatic nitrogens is 1. The van der Waals surface area contributed by atoms with Gasteiger partial charge in [0.1, 0.15) is 29.0 Å². The Kier molecular flexibility index (Phi) is 7.72. The van der Waals surface area contributed by atoms with Crippen molar-refractivity contribution in [2.24, 2.45) is 0 Å². The van der Waals surface area contributed by atoms with Crippen LogP contribution in [-0.4, -0.2) is 58.9 Å². The zero-order chi connectivity index (χ0) is 33.9. The van der Waals surface area contributed by atoms with Crippen LogP contribution in [0, 0.1) is 11.8 Å². The van der Waals surface area contributed by atoms with Crippen LogP contribution in [0.1, 0.15) is 83.8 Å². The predicted octanol–water partition coefficient (Wildman–Crippen LogP) is 6.47. The molecule has 4 bridgehead atoms. The summed E-state index contributed by atoms with van der Waals surface area (Å²) in [5.41, 5.74) is 5.67. The number of rotatable bonds is 4. The minimum atomic E-state index is -0.689. The number of benzene rings is 3. The second-order valence-electron chi connectivity index (χ2n) is 14.1. The van der Waals surface area contributed by atoms with Crippen LogP contribution in [0.15, 0.2) is 54.6 Å². The van der Waals surface area contributed by atoms with Gasteiger partial charge in [-0.3, -0.25) is 4.79 Å². The van der Waals surface area contributed by atoms with Gasteiger partial charge in [0, 0.05) is 36.3 Å². The molecule has 0 spiro atoms. The van der Waals surface area contributed by atoms with Crippen molar-refractivity contribution < 1.29 is 29.6 Å². The minimum absolute atomic E-state index is 0.0202. The monoisotopic (exact) mass is 659 g/mol. The maximum absolute atomic E-state index is 13.7. The lowest BCUT2D eigenvalue weighted by atomic mass is 9.84. The van der Waals surface area contributed by atoms with Gasteiger partial charge >= 0.3 is 0 Å². The molecular formula is C40H41N3O6. The second-order valence-corrected chi connectivity index (χ2v) is 14.1. The van der Waals surface area contributed by atoms with Crippen LogP contribution in [0.5, 0.6) is 28.7 Å². The van der Waals surface area contributed by atoms with Crippen LogP contribution < -0.4 is 19.7 Å². The molecule has 4 heterocycles. The number of ketones is 1. The van der Waals surface area contributed by atoms with Gasteiger partial charge in [-0.1, -0.05) is 68.0 Å². The molecule has 1 saturated carbocycles. The molecule has 5 N–H and O–H groups in total. The summed E-state index contributed by atoms with van der Waals surface area (Å²) in [6.45, 7) is 4.64. The van der Waals surface area contributed by atoms with Crippen molar-refractivity contribution in [3.8, 4) is 51.7 Å². The Hall–Kier alpha value is -5.07. The number of nitrogens with zero attached hydrogens (tertiary/aromatic N) is 1. The molecule has 2 fully saturated rings. The lowest BCUT2D eigenvalue weighted by molar-refractivity contribution is 0.0840. The summed E-state index contributed by atoms with van der Waals surface area (Å²) in [6.07, 6.45) is 4.52. The minimum Gasteiger partial charge on any atom is -0.508 e. The Bertz CT molecular complexity index is 2000. The molecule has 3 aliphatic heterocycles. The average molecular weight is 660 g/mol. The number of aromatic hydroxyl groups is 3. The van der Waals surface area contributed by atoms with Gasteiger partial charge in [0.25, 0.3) is 0 Å². The van der Waals surface area contributed by atoms with E-state index in [4.69, 9.17) is 9.47 Å². The number of carbonyl (C=O) groups is 1. The summed E-state index contributed by atoms with van der Waals surface area (Å²) < 4.78 is 12.0. The van der Waals surface area contributed by atoms with E-state index in [1.54, 1.807) is 24.3 Å². The van der Waals surface area contributed by atoms with Crippen LogP contribution in [0.3, 0.4) is 0 Å². The van der Waals surface area contributed by atoms with Crippen molar-refractivity contribution >= 4 is 11.6 Å². The number of hydrogen-bond acceptors (Lipinski definition) is 8. The third-order valence-electron chi connectivity index (χ3n) is 10.9. The Labute approximate surface area is 285 Å². The van der Waals surface area contributed by atoms with E-state index in [0.717, 1.165) is 30.0 Å². The van der Waals surface area contributed by atoms with Gasteiger partial charge in [-0.2, -0.15) is 0 Å². The van der Waals surface area contributed by atoms with Crippen LogP contribution >= 0.6 is 0 Å². The number of H-pyrrole nitrogens is 1. The summed E-state index contributed by atoms with van der Waals surface area (Å²) in [6, 6.07) is 17.1. The lowest BCUT2D eigenvalue weighted by Gasteiger charge is -2.34. The molecule has 3 aromatic carbocycles. The molecule has 4 aromatic rings. The fourth-order valence-corrected chi connectivity index (χ4v) is 8.17. The second kappa shape index (κ2) is 12.1. The van der Waals surface area contributed by atoms with E-state index in [1.807, 2.05) is 0 Å². The SMILES string of the molecule is COc1c(O)c2c(c(C3C#CC4CN(CCN4)c4[nH]c(C5(C)CCCC5)cc4-c4cccc(c4)C3)c1O)OC(c1ccc(O)cc1)CC2=O. The molecule has 8 rings (SSSR count). The lowest BCUT2D eigenvalue weighted by Crippen LogP contribution is -2.50. The number of Topliss-reactive ketones (excluding diaryl/α,β-unsaturated/α-hetero) is 1. The average Bonchev–Trinajstić information content (AvgIpc) is 3.75. The molecule has 9 nitrogen and oxygen atoms in total. The Morgan fingerprint density at radius 2 is 1.80 bits per heavy atom. The van der Waals surface area contributed by atoms with Crippen LogP contribution in [0.25, 0.3) is 11.1 Å². The van der Waals surface area contributed by atoms with Gasteiger partial charge in [-0.05, 0) is 54.2 Å². The molecular weight excluding hydrogens is 618 g/mol. The number of carbonyl (C=O) groups excluding carboxylic acids is 1. The van der Waals surface area contributed by atoms with Crippen LogP contribution in [-0.2, 0) is 11.8 Å². The highest BCUT2D eigenvalue weighted by Crippen LogP contribution is 2.54. The summed E-state index contributed by atoms with van der Waals surface area (Å²) in [4.78, 5) is 20.0. The standard InChI is InChI=1S/C40H41N3O6/c1-40(14-3-4-15-40)32-20-29-25-7-5-6-23(18-25)19-26(8-11-27-22-43(17-16-41-27)39(29)42-32)33-35(46)38(48-2)36(47)34-30(45)21-31(49-37(33)34)24-9-12-28(44)13-10-24/h5-7,9-10,12-13,18,20,26-27,31,41-42,44,46-47H,3-4,14-17,19,21-22H2,1-2H3. The quantitative estimate of drug-likeness (QED) is 0.158. The van der Waals surface area contributed by atoms with Gasteiger partial charge in [-0.25, -0.2) is 0 Å². The number of phenols is 3. The molecule has 1 saturated heterocycles. The van der Waals surface area contributed by atoms with E-state index in [0.29, 0.717) is 24.1 Å². The third-order valence-corrected chi connectivity index (χ3v) is 10.9. The summed E-state index contributed by atoms with van der Waals surface area (Å²) in [5, 5.41) is 36.4. The fraction of sp³-hybridized carbons (Fsp3) is 0.375. The van der Waals surface area contributed by atoms with Crippen LogP contribution in [0.4, 0.5) is 5.82 Å². The van der Waals surface area contributed by atoms with Gasteiger partial charge in [0.15, 0.2) is 17.3 Å². The fourth-order valence-electron chi connectivity index (χ4n) is 8.17. The van der Waals surface area contributed by atoms with Gasteiger partial charge in [0.2, 0.25) is 5.75 Å². The first-order valence-corrected chi connectivity index (χ1v) is 17.2. The number of nitrogens with one attached hydrogen (secondary N) is 2. The van der Waals surface area contributed by atoms with E-state index in [2.05, 4.69) is 64.3 Å². The molecule has 252 valence electrons. The van der Waals surface area contributed by atoms with E-state index in [9.17, 15) is 20.1 Å². The molecule has 1 aromatic heterocycles. The normalized spacial score (nSPS) is 22.4. The zero-order valence-corrected chi connectivity index (χ0v) is 27.8.